The lowest BCUT2D eigenvalue weighted by Crippen LogP contribution is -1.93. The van der Waals surface area contributed by atoms with Crippen molar-refractivity contribution >= 4 is 39.1 Å². The first-order valence-corrected chi connectivity index (χ1v) is 6.96. The highest BCUT2D eigenvalue weighted by molar-refractivity contribution is 9.08. The van der Waals surface area contributed by atoms with Gasteiger partial charge in [-0.05, 0) is 18.2 Å². The molecule has 0 spiro atoms. The fraction of sp³-hybridized carbons (Fsp3) is 0.0769. The van der Waals surface area contributed by atoms with Crippen molar-refractivity contribution in [1.82, 2.24) is 0 Å². The number of para-hydroxylation sites is 1. The first kappa shape index (κ1) is 13.7. The van der Waals surface area contributed by atoms with E-state index in [2.05, 4.69) is 15.9 Å². The average Bonchev–Trinajstić information content (AvgIpc) is 2.37. The van der Waals surface area contributed by atoms with Gasteiger partial charge in [-0.2, -0.15) is 0 Å². The summed E-state index contributed by atoms with van der Waals surface area (Å²) in [5, 5.41) is 0.997. The summed E-state index contributed by atoms with van der Waals surface area (Å²) in [5.74, 6) is -0.116. The Bertz CT molecular complexity index is 575. The number of rotatable bonds is 3. The molecular formula is C13H8BrCl2FO. The molecular weight excluding hydrogens is 342 g/mol. The quantitative estimate of drug-likeness (QED) is 0.634. The van der Waals surface area contributed by atoms with Crippen LogP contribution in [0, 0.1) is 5.82 Å². The molecule has 0 radical (unpaired) electrons. The predicted octanol–water partition coefficient (Wildman–Crippen LogP) is 5.82. The van der Waals surface area contributed by atoms with E-state index in [1.807, 2.05) is 6.07 Å². The number of hydrogen-bond acceptors (Lipinski definition) is 1. The molecule has 0 aliphatic heterocycles. The molecule has 0 aliphatic rings. The fourth-order valence-corrected chi connectivity index (χ4v) is 2.29. The highest BCUT2D eigenvalue weighted by atomic mass is 79.9. The summed E-state index contributed by atoms with van der Waals surface area (Å²) in [6.07, 6.45) is 0. The Balaban J connectivity index is 2.43. The van der Waals surface area contributed by atoms with Crippen LogP contribution < -0.4 is 4.74 Å². The van der Waals surface area contributed by atoms with E-state index in [0.29, 0.717) is 16.1 Å². The number of benzene rings is 2. The van der Waals surface area contributed by atoms with Crippen molar-refractivity contribution in [2.24, 2.45) is 0 Å². The highest BCUT2D eigenvalue weighted by Crippen LogP contribution is 2.36. The van der Waals surface area contributed by atoms with E-state index in [0.717, 1.165) is 5.56 Å². The zero-order valence-corrected chi connectivity index (χ0v) is 12.2. The Hall–Kier alpha value is -0.770. The van der Waals surface area contributed by atoms with Crippen LogP contribution in [0.3, 0.4) is 0 Å². The second kappa shape index (κ2) is 5.91. The molecule has 0 saturated carbocycles. The van der Waals surface area contributed by atoms with Crippen molar-refractivity contribution in [2.45, 2.75) is 5.33 Å². The van der Waals surface area contributed by atoms with E-state index in [1.165, 1.54) is 12.1 Å². The topological polar surface area (TPSA) is 9.23 Å². The summed E-state index contributed by atoms with van der Waals surface area (Å²) in [7, 11) is 0. The molecule has 0 atom stereocenters. The molecule has 2 aromatic rings. The lowest BCUT2D eigenvalue weighted by atomic mass is 10.2. The van der Waals surface area contributed by atoms with E-state index in [4.69, 9.17) is 27.9 Å². The van der Waals surface area contributed by atoms with Crippen LogP contribution in [0.1, 0.15) is 5.56 Å². The lowest BCUT2D eigenvalue weighted by molar-refractivity contribution is 0.440. The molecule has 2 rings (SSSR count). The first-order valence-electron chi connectivity index (χ1n) is 5.08. The number of halogens is 4. The third-order valence-corrected chi connectivity index (χ3v) is 3.51. The summed E-state index contributed by atoms with van der Waals surface area (Å²) >= 11 is 15.1. The Morgan fingerprint density at radius 1 is 1.06 bits per heavy atom. The van der Waals surface area contributed by atoms with Gasteiger partial charge in [0, 0.05) is 10.9 Å². The van der Waals surface area contributed by atoms with Gasteiger partial charge in [0.2, 0.25) is 0 Å². The molecule has 0 saturated heterocycles. The molecule has 0 aromatic heterocycles. The summed E-state index contributed by atoms with van der Waals surface area (Å²) in [6.45, 7) is 0. The number of alkyl halides is 1. The van der Waals surface area contributed by atoms with E-state index >= 15 is 0 Å². The molecule has 5 heteroatoms. The standard InChI is InChI=1S/C13H8BrCl2FO/c14-7-8-3-1-5-10(16)13(8)18-11-6-2-4-9(15)12(11)17/h1-6H,7H2. The van der Waals surface area contributed by atoms with Gasteiger partial charge in [-0.1, -0.05) is 57.3 Å². The maximum absolute atomic E-state index is 13.7. The first-order chi connectivity index (χ1) is 8.63. The normalized spacial score (nSPS) is 10.4. The largest absolute Gasteiger partial charge is 0.452 e. The fourth-order valence-electron chi connectivity index (χ4n) is 1.45. The second-order valence-electron chi connectivity index (χ2n) is 3.52. The smallest absolute Gasteiger partial charge is 0.184 e. The van der Waals surface area contributed by atoms with Crippen molar-refractivity contribution in [3.63, 3.8) is 0 Å². The van der Waals surface area contributed by atoms with Gasteiger partial charge in [0.25, 0.3) is 0 Å². The lowest BCUT2D eigenvalue weighted by Gasteiger charge is -2.12. The van der Waals surface area contributed by atoms with Crippen LogP contribution in [0.15, 0.2) is 36.4 Å². The molecule has 0 amide bonds. The highest BCUT2D eigenvalue weighted by Gasteiger charge is 2.13. The minimum atomic E-state index is -0.598. The summed E-state index contributed by atoms with van der Waals surface area (Å²) < 4.78 is 19.3. The molecule has 94 valence electrons. The van der Waals surface area contributed by atoms with E-state index in [-0.39, 0.29) is 10.8 Å². The third-order valence-electron chi connectivity index (χ3n) is 2.32. The van der Waals surface area contributed by atoms with Gasteiger partial charge in [0.05, 0.1) is 10.0 Å². The van der Waals surface area contributed by atoms with Crippen LogP contribution in [0.5, 0.6) is 11.5 Å². The van der Waals surface area contributed by atoms with Crippen LogP contribution in [0.2, 0.25) is 10.0 Å². The molecule has 18 heavy (non-hydrogen) atoms. The minimum absolute atomic E-state index is 0.0138. The maximum Gasteiger partial charge on any atom is 0.184 e. The Morgan fingerprint density at radius 3 is 2.44 bits per heavy atom. The molecule has 0 aliphatic carbocycles. The van der Waals surface area contributed by atoms with Crippen LogP contribution in [-0.2, 0) is 5.33 Å². The average molecular weight is 350 g/mol. The van der Waals surface area contributed by atoms with Crippen molar-refractivity contribution in [3.8, 4) is 11.5 Å². The number of ether oxygens (including phenoxy) is 1. The summed E-state index contributed by atoms with van der Waals surface area (Å²) in [5.41, 5.74) is 0.835. The Kier molecular flexibility index (Phi) is 4.49. The zero-order valence-electron chi connectivity index (χ0n) is 9.09. The van der Waals surface area contributed by atoms with Crippen molar-refractivity contribution in [2.75, 3.05) is 0 Å². The van der Waals surface area contributed by atoms with E-state index < -0.39 is 5.82 Å². The Morgan fingerprint density at radius 2 is 1.72 bits per heavy atom. The summed E-state index contributed by atoms with van der Waals surface area (Å²) in [6, 6.07) is 9.92. The monoisotopic (exact) mass is 348 g/mol. The van der Waals surface area contributed by atoms with Gasteiger partial charge < -0.3 is 4.74 Å². The second-order valence-corrected chi connectivity index (χ2v) is 4.89. The van der Waals surface area contributed by atoms with Gasteiger partial charge in [0.1, 0.15) is 5.75 Å². The predicted molar refractivity (Wildman–Crippen MR) is 75.6 cm³/mol. The van der Waals surface area contributed by atoms with Gasteiger partial charge in [-0.25, -0.2) is 4.39 Å². The van der Waals surface area contributed by atoms with Crippen LogP contribution in [0.4, 0.5) is 4.39 Å². The number of hydrogen-bond donors (Lipinski definition) is 0. The van der Waals surface area contributed by atoms with Gasteiger partial charge in [-0.3, -0.25) is 0 Å². The van der Waals surface area contributed by atoms with E-state index in [1.54, 1.807) is 18.2 Å². The zero-order chi connectivity index (χ0) is 13.1. The SMILES string of the molecule is Fc1c(Cl)cccc1Oc1c(Cl)cccc1CBr. The van der Waals surface area contributed by atoms with Crippen LogP contribution >= 0.6 is 39.1 Å². The van der Waals surface area contributed by atoms with Crippen molar-refractivity contribution in [3.05, 3.63) is 57.8 Å². The maximum atomic E-state index is 13.7. The third kappa shape index (κ3) is 2.79. The summed E-state index contributed by atoms with van der Waals surface area (Å²) in [4.78, 5) is 0. The van der Waals surface area contributed by atoms with Gasteiger partial charge >= 0.3 is 0 Å². The van der Waals surface area contributed by atoms with Crippen molar-refractivity contribution in [1.29, 1.82) is 0 Å². The molecule has 0 N–H and O–H groups in total. The molecule has 0 heterocycles. The molecule has 2 aromatic carbocycles. The van der Waals surface area contributed by atoms with Gasteiger partial charge in [-0.15, -0.1) is 0 Å². The van der Waals surface area contributed by atoms with E-state index in [9.17, 15) is 4.39 Å². The van der Waals surface area contributed by atoms with Gasteiger partial charge in [0.15, 0.2) is 11.6 Å². The molecule has 0 unspecified atom stereocenters. The Labute approximate surface area is 123 Å². The van der Waals surface area contributed by atoms with Crippen LogP contribution in [-0.4, -0.2) is 0 Å². The molecule has 0 bridgehead atoms. The van der Waals surface area contributed by atoms with Crippen molar-refractivity contribution < 1.29 is 9.13 Å². The molecule has 0 fully saturated rings. The van der Waals surface area contributed by atoms with Crippen LogP contribution in [0.25, 0.3) is 0 Å². The minimum Gasteiger partial charge on any atom is -0.452 e. The molecule has 1 nitrogen and oxygen atoms in total.